The molecule has 3 amide bonds. The largest absolute Gasteiger partial charge is 0.379 e. The summed E-state index contributed by atoms with van der Waals surface area (Å²) in [7, 11) is 0. The lowest BCUT2D eigenvalue weighted by atomic mass is 9.74. The second-order valence-electron chi connectivity index (χ2n) is 11.9. The molecule has 9 nitrogen and oxygen atoms in total. The predicted octanol–water partition coefficient (Wildman–Crippen LogP) is 2.17. The molecule has 6 rings (SSSR count). The molecule has 39 heavy (non-hydrogen) atoms. The van der Waals surface area contributed by atoms with E-state index in [0.29, 0.717) is 32.0 Å². The van der Waals surface area contributed by atoms with Crippen molar-refractivity contribution < 1.29 is 23.9 Å². The lowest BCUT2D eigenvalue weighted by molar-refractivity contribution is -0.141. The first-order valence-electron chi connectivity index (χ1n) is 14.5. The van der Waals surface area contributed by atoms with E-state index < -0.39 is 29.6 Å². The number of ether oxygens (including phenoxy) is 2. The number of hydrogen-bond donors (Lipinski definition) is 2. The number of aryl methyl sites for hydroxylation is 2. The van der Waals surface area contributed by atoms with E-state index in [-0.39, 0.29) is 23.8 Å². The summed E-state index contributed by atoms with van der Waals surface area (Å²) >= 11 is 0. The zero-order chi connectivity index (χ0) is 27.1. The number of likely N-dealkylation sites (tertiary alicyclic amines) is 1. The van der Waals surface area contributed by atoms with Crippen molar-refractivity contribution in [2.45, 2.75) is 69.7 Å². The van der Waals surface area contributed by atoms with Gasteiger partial charge in [-0.25, -0.2) is 0 Å². The van der Waals surface area contributed by atoms with Crippen LogP contribution in [0.4, 0.5) is 5.69 Å². The van der Waals surface area contributed by atoms with Crippen molar-refractivity contribution in [3.8, 4) is 0 Å². The van der Waals surface area contributed by atoms with E-state index in [4.69, 9.17) is 9.47 Å². The van der Waals surface area contributed by atoms with E-state index in [1.54, 1.807) is 4.90 Å². The summed E-state index contributed by atoms with van der Waals surface area (Å²) in [4.78, 5) is 45.7. The molecule has 3 saturated heterocycles. The Balaban J connectivity index is 1.27. The maximum Gasteiger partial charge on any atom is 0.246 e. The summed E-state index contributed by atoms with van der Waals surface area (Å²) in [6.45, 7) is 7.97. The molecule has 5 aliphatic rings. The Morgan fingerprint density at radius 3 is 2.44 bits per heavy atom. The van der Waals surface area contributed by atoms with Gasteiger partial charge in [0.15, 0.2) is 0 Å². The van der Waals surface area contributed by atoms with Crippen molar-refractivity contribution in [1.29, 1.82) is 0 Å². The molecule has 2 N–H and O–H groups in total. The zero-order valence-electron chi connectivity index (χ0n) is 23.0. The number of nitrogens with zero attached hydrogens (tertiary/aromatic N) is 2. The fourth-order valence-electron chi connectivity index (χ4n) is 7.38. The fraction of sp³-hybridized carbons (Fsp3) is 0.633. The highest BCUT2D eigenvalue weighted by Crippen LogP contribution is 2.55. The summed E-state index contributed by atoms with van der Waals surface area (Å²) < 4.78 is 12.0. The standard InChI is InChI=1S/C30H40N4O5/c1-19-16-20(2)18-22(17-19)32-27(35)24-23-8-9-30(39-23)25(24)29(37)34(11-10-33-12-14-38-15-13-33)26(30)28(36)31-21-6-4-3-5-7-21/h8-9,16-18,21,23-26H,3-7,10-15H2,1-2H3,(H,31,36)(H,32,35)/t23-,24+,25-,26+,30-/m1/s1. The van der Waals surface area contributed by atoms with Crippen molar-refractivity contribution >= 4 is 23.4 Å². The zero-order valence-corrected chi connectivity index (χ0v) is 23.0. The summed E-state index contributed by atoms with van der Waals surface area (Å²) in [6.07, 6.45) is 8.54. The van der Waals surface area contributed by atoms with Crippen molar-refractivity contribution in [2.24, 2.45) is 11.8 Å². The Morgan fingerprint density at radius 1 is 1.00 bits per heavy atom. The molecule has 1 saturated carbocycles. The topological polar surface area (TPSA) is 100 Å². The normalized spacial score (nSPS) is 32.5. The molecule has 2 bridgehead atoms. The van der Waals surface area contributed by atoms with Gasteiger partial charge in [0.1, 0.15) is 11.6 Å². The van der Waals surface area contributed by atoms with Crippen LogP contribution in [0.2, 0.25) is 0 Å². The van der Waals surface area contributed by atoms with Gasteiger partial charge in [-0.3, -0.25) is 19.3 Å². The number of hydrogen-bond acceptors (Lipinski definition) is 6. The SMILES string of the molecule is Cc1cc(C)cc(NC(=O)[C@H]2[C@H]3C=C[C@]4(O3)[C@H](C(=O)NC3CCCCC3)N(CCN3CCOCC3)C(=O)[C@@H]24)c1. The molecule has 1 spiro atoms. The van der Waals surface area contributed by atoms with Gasteiger partial charge < -0.3 is 25.0 Å². The Hall–Kier alpha value is -2.75. The third-order valence-electron chi connectivity index (χ3n) is 9.13. The molecule has 1 aromatic carbocycles. The smallest absolute Gasteiger partial charge is 0.246 e. The number of morpholine rings is 1. The van der Waals surface area contributed by atoms with Gasteiger partial charge in [0.2, 0.25) is 17.7 Å². The van der Waals surface area contributed by atoms with Gasteiger partial charge in [0.05, 0.1) is 31.2 Å². The van der Waals surface area contributed by atoms with E-state index in [2.05, 4.69) is 21.6 Å². The molecule has 4 heterocycles. The number of anilines is 1. The molecule has 4 fully saturated rings. The number of nitrogens with one attached hydrogen (secondary N) is 2. The molecule has 0 radical (unpaired) electrons. The average Bonchev–Trinajstić information content (AvgIpc) is 3.55. The van der Waals surface area contributed by atoms with Gasteiger partial charge in [-0.1, -0.05) is 37.5 Å². The van der Waals surface area contributed by atoms with Crippen molar-refractivity contribution in [3.63, 3.8) is 0 Å². The van der Waals surface area contributed by atoms with Gasteiger partial charge in [-0.2, -0.15) is 0 Å². The molecule has 0 aromatic heterocycles. The Labute approximate surface area is 230 Å². The minimum atomic E-state index is -1.13. The van der Waals surface area contributed by atoms with Crippen molar-refractivity contribution in [3.05, 3.63) is 41.5 Å². The van der Waals surface area contributed by atoms with Gasteiger partial charge >= 0.3 is 0 Å². The summed E-state index contributed by atoms with van der Waals surface area (Å²) in [5, 5.41) is 6.30. The number of carbonyl (C=O) groups excluding carboxylic acids is 3. The molecular formula is C30H40N4O5. The van der Waals surface area contributed by atoms with Crippen LogP contribution in [0.5, 0.6) is 0 Å². The Morgan fingerprint density at radius 2 is 1.72 bits per heavy atom. The van der Waals surface area contributed by atoms with E-state index in [0.717, 1.165) is 49.9 Å². The number of fused-ring (bicyclic) bond motifs is 1. The molecule has 1 aromatic rings. The van der Waals surface area contributed by atoms with Crippen LogP contribution in [-0.2, 0) is 23.9 Å². The third-order valence-corrected chi connectivity index (χ3v) is 9.13. The molecular weight excluding hydrogens is 496 g/mol. The molecule has 0 unspecified atom stereocenters. The van der Waals surface area contributed by atoms with Crippen LogP contribution < -0.4 is 10.6 Å². The molecule has 1 aliphatic carbocycles. The second kappa shape index (κ2) is 10.7. The van der Waals surface area contributed by atoms with Crippen molar-refractivity contribution in [2.75, 3.05) is 44.7 Å². The maximum atomic E-state index is 14.1. The van der Waals surface area contributed by atoms with E-state index in [1.165, 1.54) is 6.42 Å². The number of rotatable bonds is 7. The number of amides is 3. The average molecular weight is 537 g/mol. The van der Waals surface area contributed by atoms with Gasteiger partial charge in [0.25, 0.3) is 0 Å². The van der Waals surface area contributed by atoms with Gasteiger partial charge in [0, 0.05) is 37.9 Å². The first-order valence-corrected chi connectivity index (χ1v) is 14.5. The van der Waals surface area contributed by atoms with Gasteiger partial charge in [-0.05, 0) is 49.9 Å². The van der Waals surface area contributed by atoms with Crippen LogP contribution in [-0.4, -0.2) is 90.7 Å². The highest BCUT2D eigenvalue weighted by Gasteiger charge is 2.72. The van der Waals surface area contributed by atoms with Crippen LogP contribution in [0.3, 0.4) is 0 Å². The molecule has 9 heteroatoms. The highest BCUT2D eigenvalue weighted by atomic mass is 16.5. The van der Waals surface area contributed by atoms with E-state index in [1.807, 2.05) is 38.1 Å². The van der Waals surface area contributed by atoms with Crippen LogP contribution in [0, 0.1) is 25.7 Å². The fourth-order valence-corrected chi connectivity index (χ4v) is 7.38. The van der Waals surface area contributed by atoms with E-state index >= 15 is 0 Å². The lowest BCUT2D eigenvalue weighted by Crippen LogP contribution is -2.57. The monoisotopic (exact) mass is 536 g/mol. The van der Waals surface area contributed by atoms with Crippen molar-refractivity contribution in [1.82, 2.24) is 15.1 Å². The Kier molecular flexibility index (Phi) is 7.24. The van der Waals surface area contributed by atoms with E-state index in [9.17, 15) is 14.4 Å². The predicted molar refractivity (Wildman–Crippen MR) is 146 cm³/mol. The molecule has 5 atom stereocenters. The van der Waals surface area contributed by atoms with Crippen LogP contribution in [0.25, 0.3) is 0 Å². The maximum absolute atomic E-state index is 14.1. The summed E-state index contributed by atoms with van der Waals surface area (Å²) in [5.41, 5.74) is 1.68. The van der Waals surface area contributed by atoms with Crippen LogP contribution in [0.15, 0.2) is 30.4 Å². The molecule has 4 aliphatic heterocycles. The summed E-state index contributed by atoms with van der Waals surface area (Å²) in [5.74, 6) is -2.00. The first kappa shape index (κ1) is 26.5. The quantitative estimate of drug-likeness (QED) is 0.519. The number of carbonyl (C=O) groups is 3. The van der Waals surface area contributed by atoms with Crippen LogP contribution >= 0.6 is 0 Å². The summed E-state index contributed by atoms with van der Waals surface area (Å²) in [6, 6.07) is 5.23. The third kappa shape index (κ3) is 4.89. The number of benzene rings is 1. The first-order chi connectivity index (χ1) is 18.9. The molecule has 210 valence electrons. The Bertz CT molecular complexity index is 1140. The minimum Gasteiger partial charge on any atom is -0.379 e. The van der Waals surface area contributed by atoms with Crippen LogP contribution in [0.1, 0.15) is 43.2 Å². The minimum absolute atomic E-state index is 0.115. The highest BCUT2D eigenvalue weighted by molar-refractivity contribution is 6.02. The second-order valence-corrected chi connectivity index (χ2v) is 11.9. The van der Waals surface area contributed by atoms with Gasteiger partial charge in [-0.15, -0.1) is 0 Å². The lowest BCUT2D eigenvalue weighted by Gasteiger charge is -2.35.